The van der Waals surface area contributed by atoms with Crippen LogP contribution in [0.1, 0.15) is 18.1 Å². The molecule has 5 nitrogen and oxygen atoms in total. The molecule has 1 N–H and O–H groups in total. The number of carbonyl (C=O) groups is 1. The first-order valence-electron chi connectivity index (χ1n) is 8.04. The molecule has 120 valence electrons. The van der Waals surface area contributed by atoms with Gasteiger partial charge in [-0.05, 0) is 24.1 Å². The van der Waals surface area contributed by atoms with Gasteiger partial charge in [-0.3, -0.25) is 9.69 Å². The normalized spacial score (nSPS) is 19.6. The van der Waals surface area contributed by atoms with Gasteiger partial charge >= 0.3 is 0 Å². The van der Waals surface area contributed by atoms with Gasteiger partial charge in [0.25, 0.3) is 0 Å². The number of aliphatic hydroxyl groups is 1. The summed E-state index contributed by atoms with van der Waals surface area (Å²) in [6, 6.07) is 6.07. The lowest BCUT2D eigenvalue weighted by molar-refractivity contribution is -0.132. The standard InChI is InChI=1S/C17H24N2O3/c1-13(20)12-18-5-7-19(8-6-18)17(21)11-14-2-3-16-15(10-14)4-9-22-16/h2-3,10,13,20H,4-9,11-12H2,1H3. The number of piperazine rings is 1. The quantitative estimate of drug-likeness (QED) is 0.889. The lowest BCUT2D eigenvalue weighted by atomic mass is 10.1. The van der Waals surface area contributed by atoms with E-state index in [4.69, 9.17) is 4.74 Å². The number of amides is 1. The van der Waals surface area contributed by atoms with E-state index in [9.17, 15) is 9.90 Å². The van der Waals surface area contributed by atoms with Gasteiger partial charge in [0.05, 0.1) is 19.1 Å². The fraction of sp³-hybridized carbons (Fsp3) is 0.588. The Morgan fingerprint density at radius 2 is 2.09 bits per heavy atom. The molecule has 2 aliphatic rings. The maximum absolute atomic E-state index is 12.4. The van der Waals surface area contributed by atoms with E-state index in [-0.39, 0.29) is 12.0 Å². The molecule has 1 fully saturated rings. The lowest BCUT2D eigenvalue weighted by Gasteiger charge is -2.35. The van der Waals surface area contributed by atoms with Gasteiger partial charge in [-0.2, -0.15) is 0 Å². The highest BCUT2D eigenvalue weighted by Crippen LogP contribution is 2.26. The molecule has 1 unspecified atom stereocenters. The third-order valence-corrected chi connectivity index (χ3v) is 4.36. The summed E-state index contributed by atoms with van der Waals surface area (Å²) in [5.41, 5.74) is 2.28. The van der Waals surface area contributed by atoms with Gasteiger partial charge < -0.3 is 14.7 Å². The molecule has 0 bridgehead atoms. The molecule has 2 aliphatic heterocycles. The molecule has 0 saturated carbocycles. The highest BCUT2D eigenvalue weighted by molar-refractivity contribution is 5.79. The maximum atomic E-state index is 12.4. The number of benzene rings is 1. The minimum atomic E-state index is -0.309. The van der Waals surface area contributed by atoms with Crippen LogP contribution in [-0.2, 0) is 17.6 Å². The van der Waals surface area contributed by atoms with Crippen molar-refractivity contribution in [2.24, 2.45) is 0 Å². The molecular weight excluding hydrogens is 280 g/mol. The van der Waals surface area contributed by atoms with Crippen molar-refractivity contribution in [2.45, 2.75) is 25.9 Å². The fourth-order valence-electron chi connectivity index (χ4n) is 3.19. The van der Waals surface area contributed by atoms with Gasteiger partial charge in [0, 0.05) is 39.1 Å². The smallest absolute Gasteiger partial charge is 0.227 e. The molecule has 22 heavy (non-hydrogen) atoms. The average molecular weight is 304 g/mol. The number of nitrogens with zero attached hydrogens (tertiary/aromatic N) is 2. The monoisotopic (exact) mass is 304 g/mol. The highest BCUT2D eigenvalue weighted by atomic mass is 16.5. The molecule has 0 radical (unpaired) electrons. The summed E-state index contributed by atoms with van der Waals surface area (Å²) in [4.78, 5) is 16.6. The van der Waals surface area contributed by atoms with Gasteiger partial charge in [-0.15, -0.1) is 0 Å². The number of hydrogen-bond acceptors (Lipinski definition) is 4. The third kappa shape index (κ3) is 3.59. The van der Waals surface area contributed by atoms with Crippen molar-refractivity contribution < 1.29 is 14.6 Å². The van der Waals surface area contributed by atoms with E-state index >= 15 is 0 Å². The van der Waals surface area contributed by atoms with Crippen molar-refractivity contribution in [3.05, 3.63) is 29.3 Å². The predicted octanol–water partition coefficient (Wildman–Crippen LogP) is 0.689. The zero-order valence-corrected chi connectivity index (χ0v) is 13.1. The van der Waals surface area contributed by atoms with Gasteiger partial charge in [0.15, 0.2) is 0 Å². The van der Waals surface area contributed by atoms with E-state index in [0.29, 0.717) is 13.0 Å². The molecule has 5 heteroatoms. The Kier molecular flexibility index (Phi) is 4.64. The van der Waals surface area contributed by atoms with Crippen molar-refractivity contribution in [2.75, 3.05) is 39.3 Å². The second kappa shape index (κ2) is 6.67. The van der Waals surface area contributed by atoms with Crippen LogP contribution in [0.3, 0.4) is 0 Å². The first kappa shape index (κ1) is 15.3. The van der Waals surface area contributed by atoms with E-state index in [2.05, 4.69) is 11.0 Å². The average Bonchev–Trinajstić information content (AvgIpc) is 2.95. The van der Waals surface area contributed by atoms with Crippen LogP contribution in [0.2, 0.25) is 0 Å². The molecule has 1 aromatic rings. The number of aliphatic hydroxyl groups excluding tert-OH is 1. The summed E-state index contributed by atoms with van der Waals surface area (Å²) in [5, 5.41) is 9.42. The Morgan fingerprint density at radius 1 is 1.32 bits per heavy atom. The van der Waals surface area contributed by atoms with Gasteiger partial charge in [-0.25, -0.2) is 0 Å². The van der Waals surface area contributed by atoms with E-state index in [0.717, 1.165) is 50.5 Å². The summed E-state index contributed by atoms with van der Waals surface area (Å²) in [5.74, 6) is 1.15. The summed E-state index contributed by atoms with van der Waals surface area (Å²) < 4.78 is 5.50. The third-order valence-electron chi connectivity index (χ3n) is 4.36. The van der Waals surface area contributed by atoms with E-state index < -0.39 is 0 Å². The van der Waals surface area contributed by atoms with Crippen LogP contribution in [-0.4, -0.2) is 66.2 Å². The molecule has 1 amide bonds. The van der Waals surface area contributed by atoms with Crippen molar-refractivity contribution in [1.29, 1.82) is 0 Å². The van der Waals surface area contributed by atoms with Crippen molar-refractivity contribution in [3.8, 4) is 5.75 Å². The Balaban J connectivity index is 1.52. The Labute approximate surface area is 131 Å². The first-order valence-corrected chi connectivity index (χ1v) is 8.04. The Bertz CT molecular complexity index is 537. The number of rotatable bonds is 4. The number of ether oxygens (including phenoxy) is 1. The summed E-state index contributed by atoms with van der Waals surface area (Å²) in [6.45, 7) is 6.42. The predicted molar refractivity (Wildman–Crippen MR) is 84.0 cm³/mol. The minimum absolute atomic E-state index is 0.190. The SMILES string of the molecule is CC(O)CN1CCN(C(=O)Cc2ccc3c(c2)CCO3)CC1. The number of fused-ring (bicyclic) bond motifs is 1. The molecule has 2 heterocycles. The fourth-order valence-corrected chi connectivity index (χ4v) is 3.19. The number of β-amino-alcohol motifs (C(OH)–C–C–N with tert-alkyl or cyclic N) is 1. The first-order chi connectivity index (χ1) is 10.6. The molecule has 1 saturated heterocycles. The Morgan fingerprint density at radius 3 is 2.82 bits per heavy atom. The largest absolute Gasteiger partial charge is 0.493 e. The van der Waals surface area contributed by atoms with Crippen LogP contribution >= 0.6 is 0 Å². The minimum Gasteiger partial charge on any atom is -0.493 e. The lowest BCUT2D eigenvalue weighted by Crippen LogP contribution is -2.50. The second-order valence-electron chi connectivity index (χ2n) is 6.25. The maximum Gasteiger partial charge on any atom is 0.227 e. The summed E-state index contributed by atoms with van der Waals surface area (Å²) >= 11 is 0. The molecule has 0 spiro atoms. The van der Waals surface area contributed by atoms with E-state index in [1.165, 1.54) is 5.56 Å². The Hall–Kier alpha value is -1.59. The van der Waals surface area contributed by atoms with Gasteiger partial charge in [0.2, 0.25) is 5.91 Å². The second-order valence-corrected chi connectivity index (χ2v) is 6.25. The van der Waals surface area contributed by atoms with Crippen molar-refractivity contribution in [1.82, 2.24) is 9.80 Å². The van der Waals surface area contributed by atoms with Crippen molar-refractivity contribution in [3.63, 3.8) is 0 Å². The van der Waals surface area contributed by atoms with Gasteiger partial charge in [-0.1, -0.05) is 12.1 Å². The summed E-state index contributed by atoms with van der Waals surface area (Å²) in [7, 11) is 0. The van der Waals surface area contributed by atoms with Crippen LogP contribution in [0.15, 0.2) is 18.2 Å². The number of carbonyl (C=O) groups excluding carboxylic acids is 1. The zero-order valence-electron chi connectivity index (χ0n) is 13.1. The van der Waals surface area contributed by atoms with E-state index in [1.807, 2.05) is 17.0 Å². The highest BCUT2D eigenvalue weighted by Gasteiger charge is 2.22. The molecule has 0 aromatic heterocycles. The zero-order chi connectivity index (χ0) is 15.5. The molecule has 1 aromatic carbocycles. The van der Waals surface area contributed by atoms with Crippen LogP contribution < -0.4 is 4.74 Å². The number of hydrogen-bond donors (Lipinski definition) is 1. The molecule has 1 atom stereocenters. The molecule has 3 rings (SSSR count). The molecular formula is C17H24N2O3. The van der Waals surface area contributed by atoms with Crippen LogP contribution in [0.4, 0.5) is 0 Å². The van der Waals surface area contributed by atoms with E-state index in [1.54, 1.807) is 6.92 Å². The van der Waals surface area contributed by atoms with Crippen LogP contribution in [0.25, 0.3) is 0 Å². The van der Waals surface area contributed by atoms with Crippen molar-refractivity contribution >= 4 is 5.91 Å². The summed E-state index contributed by atoms with van der Waals surface area (Å²) in [6.07, 6.45) is 1.09. The van der Waals surface area contributed by atoms with Gasteiger partial charge in [0.1, 0.15) is 5.75 Å². The van der Waals surface area contributed by atoms with Crippen LogP contribution in [0, 0.1) is 0 Å². The topological polar surface area (TPSA) is 53.0 Å². The van der Waals surface area contributed by atoms with Crippen LogP contribution in [0.5, 0.6) is 5.75 Å². The molecule has 0 aliphatic carbocycles.